The summed E-state index contributed by atoms with van der Waals surface area (Å²) in [6.07, 6.45) is 0.747. The second kappa shape index (κ2) is 9.95. The molecule has 0 fully saturated rings. The second-order valence-corrected chi connectivity index (χ2v) is 9.31. The van der Waals surface area contributed by atoms with E-state index >= 15 is 0 Å². The van der Waals surface area contributed by atoms with Gasteiger partial charge in [0.2, 0.25) is 12.7 Å². The van der Waals surface area contributed by atoms with Crippen LogP contribution in [-0.4, -0.2) is 54.6 Å². The number of halogens is 1. The van der Waals surface area contributed by atoms with Gasteiger partial charge in [-0.2, -0.15) is 0 Å². The van der Waals surface area contributed by atoms with Gasteiger partial charge < -0.3 is 24.0 Å². The van der Waals surface area contributed by atoms with E-state index in [9.17, 15) is 14.0 Å². The molecule has 0 radical (unpaired) electrons. The highest BCUT2D eigenvalue weighted by atomic mass is 32.1. The Kier molecular flexibility index (Phi) is 6.59. The average molecular weight is 497 g/mol. The molecule has 5 rings (SSSR count). The molecule has 182 valence electrons. The zero-order valence-corrected chi connectivity index (χ0v) is 20.1. The molecule has 1 aromatic heterocycles. The van der Waals surface area contributed by atoms with Crippen LogP contribution in [0.3, 0.4) is 0 Å². The third-order valence-electron chi connectivity index (χ3n) is 6.23. The number of carbonyl (C=O) groups is 2. The number of hydrogen-bond donors (Lipinski definition) is 0. The van der Waals surface area contributed by atoms with Gasteiger partial charge in [-0.15, -0.1) is 11.3 Å². The van der Waals surface area contributed by atoms with Gasteiger partial charge in [0.1, 0.15) is 24.7 Å². The van der Waals surface area contributed by atoms with Crippen LogP contribution < -0.4 is 14.2 Å². The standard InChI is InChI=1S/C26H25FN2O5S/c1-2-28(26(31)17-6-7-22-23(12-17)34-16-33-22)14-25(30)29-10-8-24-20(9-11-35-24)21(29)15-32-19-5-3-4-18(27)13-19/h3-7,9,11-13,21H,2,8,10,14-16H2,1H3. The lowest BCUT2D eigenvalue weighted by Gasteiger charge is -2.37. The van der Waals surface area contributed by atoms with Gasteiger partial charge in [0.05, 0.1) is 6.04 Å². The maximum atomic E-state index is 13.6. The predicted molar refractivity (Wildman–Crippen MR) is 129 cm³/mol. The summed E-state index contributed by atoms with van der Waals surface area (Å²) in [7, 11) is 0. The molecule has 0 saturated carbocycles. The first-order valence-corrected chi connectivity index (χ1v) is 12.3. The molecule has 7 nitrogen and oxygen atoms in total. The van der Waals surface area contributed by atoms with Crippen LogP contribution in [0.1, 0.15) is 33.8 Å². The van der Waals surface area contributed by atoms with Crippen molar-refractivity contribution in [1.29, 1.82) is 0 Å². The van der Waals surface area contributed by atoms with Crippen molar-refractivity contribution in [2.45, 2.75) is 19.4 Å². The molecule has 2 aliphatic rings. The molecule has 0 saturated heterocycles. The number of fused-ring (bicyclic) bond motifs is 2. The molecular weight excluding hydrogens is 471 g/mol. The van der Waals surface area contributed by atoms with E-state index in [4.69, 9.17) is 14.2 Å². The van der Waals surface area contributed by atoms with Crippen molar-refractivity contribution in [3.05, 3.63) is 75.7 Å². The molecule has 2 aliphatic heterocycles. The number of hydrogen-bond acceptors (Lipinski definition) is 6. The molecule has 0 N–H and O–H groups in total. The Morgan fingerprint density at radius 2 is 2.03 bits per heavy atom. The van der Waals surface area contributed by atoms with E-state index in [-0.39, 0.29) is 43.6 Å². The first-order chi connectivity index (χ1) is 17.0. The van der Waals surface area contributed by atoms with Crippen LogP contribution in [0.15, 0.2) is 53.9 Å². The summed E-state index contributed by atoms with van der Waals surface area (Å²) in [6, 6.07) is 12.7. The van der Waals surface area contributed by atoms with E-state index in [1.165, 1.54) is 21.9 Å². The van der Waals surface area contributed by atoms with Crippen LogP contribution in [0.2, 0.25) is 0 Å². The molecule has 0 aliphatic carbocycles. The van der Waals surface area contributed by atoms with Crippen molar-refractivity contribution in [1.82, 2.24) is 9.80 Å². The van der Waals surface area contributed by atoms with Crippen molar-refractivity contribution in [3.63, 3.8) is 0 Å². The van der Waals surface area contributed by atoms with E-state index in [0.29, 0.717) is 35.9 Å². The maximum absolute atomic E-state index is 13.6. The van der Waals surface area contributed by atoms with Crippen molar-refractivity contribution in [2.24, 2.45) is 0 Å². The Bertz CT molecular complexity index is 1250. The molecule has 2 aromatic carbocycles. The summed E-state index contributed by atoms with van der Waals surface area (Å²) in [5.74, 6) is 0.741. The zero-order valence-electron chi connectivity index (χ0n) is 19.2. The van der Waals surface area contributed by atoms with Gasteiger partial charge in [0.25, 0.3) is 5.91 Å². The summed E-state index contributed by atoms with van der Waals surface area (Å²) in [6.45, 7) is 3.01. The molecule has 1 unspecified atom stereocenters. The highest BCUT2D eigenvalue weighted by molar-refractivity contribution is 7.10. The van der Waals surface area contributed by atoms with Crippen LogP contribution in [0.25, 0.3) is 0 Å². The normalized spacial score (nSPS) is 16.1. The van der Waals surface area contributed by atoms with E-state index < -0.39 is 0 Å². The quantitative estimate of drug-likeness (QED) is 0.488. The van der Waals surface area contributed by atoms with Gasteiger partial charge >= 0.3 is 0 Å². The smallest absolute Gasteiger partial charge is 0.254 e. The lowest BCUT2D eigenvalue weighted by Crippen LogP contribution is -2.47. The highest BCUT2D eigenvalue weighted by Gasteiger charge is 2.33. The van der Waals surface area contributed by atoms with E-state index in [1.807, 2.05) is 18.4 Å². The Balaban J connectivity index is 1.32. The van der Waals surface area contributed by atoms with E-state index in [1.54, 1.807) is 46.6 Å². The molecule has 9 heteroatoms. The first kappa shape index (κ1) is 23.2. The Morgan fingerprint density at radius 1 is 1.17 bits per heavy atom. The van der Waals surface area contributed by atoms with Crippen molar-refractivity contribution >= 4 is 23.2 Å². The van der Waals surface area contributed by atoms with Crippen molar-refractivity contribution in [2.75, 3.05) is 33.0 Å². The predicted octanol–water partition coefficient (Wildman–Crippen LogP) is 4.28. The minimum atomic E-state index is -0.379. The second-order valence-electron chi connectivity index (χ2n) is 8.31. The van der Waals surface area contributed by atoms with Gasteiger partial charge in [-0.3, -0.25) is 9.59 Å². The number of benzene rings is 2. The number of rotatable bonds is 7. The number of carbonyl (C=O) groups excluding carboxylic acids is 2. The molecule has 3 aromatic rings. The summed E-state index contributed by atoms with van der Waals surface area (Å²) in [4.78, 5) is 31.2. The molecule has 35 heavy (non-hydrogen) atoms. The fourth-order valence-corrected chi connectivity index (χ4v) is 5.33. The molecule has 3 heterocycles. The topological polar surface area (TPSA) is 68.3 Å². The third kappa shape index (κ3) is 4.81. The number of ether oxygens (including phenoxy) is 3. The Morgan fingerprint density at radius 3 is 2.86 bits per heavy atom. The van der Waals surface area contributed by atoms with Crippen LogP contribution in [0.4, 0.5) is 4.39 Å². The minimum Gasteiger partial charge on any atom is -0.491 e. The third-order valence-corrected chi connectivity index (χ3v) is 7.23. The Hall–Kier alpha value is -3.59. The van der Waals surface area contributed by atoms with Gasteiger partial charge in [0, 0.05) is 29.6 Å². The molecule has 1 atom stereocenters. The summed E-state index contributed by atoms with van der Waals surface area (Å²) in [5, 5.41) is 2.01. The van der Waals surface area contributed by atoms with Gasteiger partial charge in [-0.1, -0.05) is 6.07 Å². The van der Waals surface area contributed by atoms with Gasteiger partial charge in [-0.05, 0) is 60.7 Å². The molecular formula is C26H25FN2O5S. The van der Waals surface area contributed by atoms with E-state index in [2.05, 4.69) is 0 Å². The number of nitrogens with zero attached hydrogens (tertiary/aromatic N) is 2. The van der Waals surface area contributed by atoms with E-state index in [0.717, 1.165) is 12.0 Å². The SMILES string of the molecule is CCN(CC(=O)N1CCc2sccc2C1COc1cccc(F)c1)C(=O)c1ccc2c(c1)OCO2. The van der Waals surface area contributed by atoms with Crippen molar-refractivity contribution in [3.8, 4) is 17.2 Å². The van der Waals surface area contributed by atoms with Gasteiger partial charge in [0.15, 0.2) is 11.5 Å². The largest absolute Gasteiger partial charge is 0.491 e. The number of likely N-dealkylation sites (N-methyl/N-ethyl adjacent to an activating group) is 1. The fourth-order valence-electron chi connectivity index (χ4n) is 4.40. The molecule has 2 amide bonds. The van der Waals surface area contributed by atoms with Gasteiger partial charge in [-0.25, -0.2) is 4.39 Å². The number of thiophene rings is 1. The van der Waals surface area contributed by atoms with Crippen LogP contribution in [-0.2, 0) is 11.2 Å². The minimum absolute atomic E-state index is 0.0558. The monoisotopic (exact) mass is 496 g/mol. The van der Waals surface area contributed by atoms with Crippen LogP contribution in [0.5, 0.6) is 17.2 Å². The molecule has 0 spiro atoms. The highest BCUT2D eigenvalue weighted by Crippen LogP contribution is 2.35. The Labute approximate surface area is 206 Å². The van der Waals surface area contributed by atoms with Crippen molar-refractivity contribution < 1.29 is 28.2 Å². The van der Waals surface area contributed by atoms with Crippen LogP contribution >= 0.6 is 11.3 Å². The summed E-state index contributed by atoms with van der Waals surface area (Å²) in [5.41, 5.74) is 1.48. The summed E-state index contributed by atoms with van der Waals surface area (Å²) < 4.78 is 30.2. The van der Waals surface area contributed by atoms with Crippen LogP contribution in [0, 0.1) is 5.82 Å². The first-order valence-electron chi connectivity index (χ1n) is 11.5. The fraction of sp³-hybridized carbons (Fsp3) is 0.308. The molecule has 0 bridgehead atoms. The lowest BCUT2D eigenvalue weighted by molar-refractivity contribution is -0.135. The zero-order chi connectivity index (χ0) is 24.4. The maximum Gasteiger partial charge on any atom is 0.254 e. The summed E-state index contributed by atoms with van der Waals surface area (Å²) >= 11 is 1.66. The average Bonchev–Trinajstić information content (AvgIpc) is 3.54. The number of amides is 2. The lowest BCUT2D eigenvalue weighted by atomic mass is 10.0.